The van der Waals surface area contributed by atoms with E-state index in [1.165, 1.54) is 0 Å². The van der Waals surface area contributed by atoms with Crippen molar-refractivity contribution >= 4 is 15.9 Å². The summed E-state index contributed by atoms with van der Waals surface area (Å²) in [6, 6.07) is 7.30. The zero-order chi connectivity index (χ0) is 11.8. The number of benzene rings is 1. The van der Waals surface area contributed by atoms with E-state index in [9.17, 15) is 0 Å². The second-order valence-electron chi connectivity index (χ2n) is 3.22. The number of unbranched alkanes of at least 4 members (excludes halogenated alkanes) is 1. The number of hydrogen-bond acceptors (Lipinski definition) is 3. The van der Waals surface area contributed by atoms with Gasteiger partial charge in [0.15, 0.2) is 0 Å². The van der Waals surface area contributed by atoms with Crippen molar-refractivity contribution in [1.29, 1.82) is 5.26 Å². The van der Waals surface area contributed by atoms with Crippen LogP contribution in [0.2, 0.25) is 0 Å². The van der Waals surface area contributed by atoms with Gasteiger partial charge in [-0.1, -0.05) is 15.9 Å². The smallest absolute Gasteiger partial charge is 0.140 e. The van der Waals surface area contributed by atoms with E-state index in [2.05, 4.69) is 22.0 Å². The molecule has 1 aromatic carbocycles. The molecule has 0 aliphatic rings. The molecule has 0 saturated heterocycles. The molecule has 0 unspecified atom stereocenters. The van der Waals surface area contributed by atoms with E-state index in [0.29, 0.717) is 17.9 Å². The lowest BCUT2D eigenvalue weighted by Gasteiger charge is -2.08. The van der Waals surface area contributed by atoms with Gasteiger partial charge in [-0.15, -0.1) is 0 Å². The molecule has 0 spiro atoms. The number of rotatable bonds is 6. The predicted octanol–water partition coefficient (Wildman–Crippen LogP) is 3.12. The average molecular weight is 284 g/mol. The molecule has 0 aliphatic carbocycles. The van der Waals surface area contributed by atoms with Crippen molar-refractivity contribution in [3.05, 3.63) is 23.8 Å². The second kappa shape index (κ2) is 7.13. The van der Waals surface area contributed by atoms with Gasteiger partial charge in [-0.05, 0) is 25.0 Å². The normalized spacial score (nSPS) is 9.56. The Labute approximate surface area is 104 Å². The molecule has 3 nitrogen and oxygen atoms in total. The highest BCUT2D eigenvalue weighted by Gasteiger charge is 2.03. The van der Waals surface area contributed by atoms with Crippen molar-refractivity contribution in [3.8, 4) is 17.6 Å². The van der Waals surface area contributed by atoms with E-state index in [1.807, 2.05) is 0 Å². The summed E-state index contributed by atoms with van der Waals surface area (Å²) in [7, 11) is 1.55. The molecular formula is C12H14BrNO2. The van der Waals surface area contributed by atoms with Crippen molar-refractivity contribution in [3.63, 3.8) is 0 Å². The van der Waals surface area contributed by atoms with E-state index >= 15 is 0 Å². The molecule has 0 bridgehead atoms. The van der Waals surface area contributed by atoms with Gasteiger partial charge in [-0.2, -0.15) is 5.26 Å². The van der Waals surface area contributed by atoms with Gasteiger partial charge in [0, 0.05) is 11.4 Å². The van der Waals surface area contributed by atoms with Gasteiger partial charge in [0.25, 0.3) is 0 Å². The van der Waals surface area contributed by atoms with Crippen LogP contribution >= 0.6 is 15.9 Å². The van der Waals surface area contributed by atoms with Crippen molar-refractivity contribution in [2.24, 2.45) is 0 Å². The van der Waals surface area contributed by atoms with Crippen LogP contribution in [0.5, 0.6) is 11.5 Å². The molecule has 0 saturated carbocycles. The molecule has 0 aromatic heterocycles. The molecule has 16 heavy (non-hydrogen) atoms. The Morgan fingerprint density at radius 1 is 1.38 bits per heavy atom. The molecule has 1 aromatic rings. The van der Waals surface area contributed by atoms with Crippen molar-refractivity contribution in [1.82, 2.24) is 0 Å². The number of nitriles is 1. The maximum Gasteiger partial charge on any atom is 0.140 e. The monoisotopic (exact) mass is 283 g/mol. The van der Waals surface area contributed by atoms with Gasteiger partial charge in [0.05, 0.1) is 19.3 Å². The van der Waals surface area contributed by atoms with Crippen LogP contribution in [0.3, 0.4) is 0 Å². The minimum atomic E-state index is 0.523. The molecule has 0 heterocycles. The standard InChI is InChI=1S/C12H14BrNO2/c1-15-12-8-11(5-4-10(12)9-14)16-7-3-2-6-13/h4-5,8H,2-3,6-7H2,1H3. The SMILES string of the molecule is COc1cc(OCCCCBr)ccc1C#N. The maximum atomic E-state index is 8.81. The van der Waals surface area contributed by atoms with Crippen LogP contribution in [0.4, 0.5) is 0 Å². The Bertz CT molecular complexity index is 374. The topological polar surface area (TPSA) is 42.2 Å². The fourth-order valence-corrected chi connectivity index (χ4v) is 1.64. The van der Waals surface area contributed by atoms with E-state index < -0.39 is 0 Å². The predicted molar refractivity (Wildman–Crippen MR) is 66.2 cm³/mol. The minimum absolute atomic E-state index is 0.523. The number of hydrogen-bond donors (Lipinski definition) is 0. The summed E-state index contributed by atoms with van der Waals surface area (Å²) in [6.45, 7) is 0.681. The van der Waals surface area contributed by atoms with Crippen LogP contribution in [0.15, 0.2) is 18.2 Å². The Balaban J connectivity index is 2.58. The molecular weight excluding hydrogens is 270 g/mol. The first kappa shape index (κ1) is 12.9. The first-order valence-corrected chi connectivity index (χ1v) is 6.21. The third-order valence-corrected chi connectivity index (χ3v) is 2.65. The van der Waals surface area contributed by atoms with Gasteiger partial charge in [-0.25, -0.2) is 0 Å². The zero-order valence-corrected chi connectivity index (χ0v) is 10.8. The van der Waals surface area contributed by atoms with Gasteiger partial charge < -0.3 is 9.47 Å². The van der Waals surface area contributed by atoms with Gasteiger partial charge in [0.2, 0.25) is 0 Å². The summed E-state index contributed by atoms with van der Waals surface area (Å²) in [6.07, 6.45) is 2.10. The lowest BCUT2D eigenvalue weighted by atomic mass is 10.2. The average Bonchev–Trinajstić information content (AvgIpc) is 2.34. The summed E-state index contributed by atoms with van der Waals surface area (Å²) in [5.41, 5.74) is 0.523. The lowest BCUT2D eigenvalue weighted by Crippen LogP contribution is -1.98. The minimum Gasteiger partial charge on any atom is -0.495 e. The van der Waals surface area contributed by atoms with Crippen molar-refractivity contribution in [2.45, 2.75) is 12.8 Å². The molecule has 0 radical (unpaired) electrons. The fraction of sp³-hybridized carbons (Fsp3) is 0.417. The van der Waals surface area contributed by atoms with Crippen LogP contribution in [-0.4, -0.2) is 19.0 Å². The van der Waals surface area contributed by atoms with E-state index in [4.69, 9.17) is 14.7 Å². The number of methoxy groups -OCH3 is 1. The second-order valence-corrected chi connectivity index (χ2v) is 4.01. The zero-order valence-electron chi connectivity index (χ0n) is 9.20. The van der Waals surface area contributed by atoms with E-state index in [0.717, 1.165) is 23.9 Å². The van der Waals surface area contributed by atoms with E-state index in [-0.39, 0.29) is 0 Å². The van der Waals surface area contributed by atoms with Crippen molar-refractivity contribution in [2.75, 3.05) is 19.0 Å². The summed E-state index contributed by atoms with van der Waals surface area (Å²) in [5, 5.41) is 9.80. The highest BCUT2D eigenvalue weighted by Crippen LogP contribution is 2.24. The summed E-state index contributed by atoms with van der Waals surface area (Å²) in [4.78, 5) is 0. The third-order valence-electron chi connectivity index (χ3n) is 2.09. The van der Waals surface area contributed by atoms with Crippen LogP contribution < -0.4 is 9.47 Å². The Morgan fingerprint density at radius 2 is 2.19 bits per heavy atom. The van der Waals surface area contributed by atoms with Crippen LogP contribution in [0.1, 0.15) is 18.4 Å². The molecule has 0 amide bonds. The Kier molecular flexibility index (Phi) is 5.73. The van der Waals surface area contributed by atoms with Crippen molar-refractivity contribution < 1.29 is 9.47 Å². The number of halogens is 1. The number of ether oxygens (including phenoxy) is 2. The van der Waals surface area contributed by atoms with Gasteiger partial charge in [-0.3, -0.25) is 0 Å². The van der Waals surface area contributed by atoms with E-state index in [1.54, 1.807) is 25.3 Å². The largest absolute Gasteiger partial charge is 0.495 e. The molecule has 0 atom stereocenters. The molecule has 0 aliphatic heterocycles. The highest BCUT2D eigenvalue weighted by atomic mass is 79.9. The first-order chi connectivity index (χ1) is 7.81. The number of alkyl halides is 1. The number of nitrogens with zero attached hydrogens (tertiary/aromatic N) is 1. The summed E-state index contributed by atoms with van der Waals surface area (Å²) < 4.78 is 10.6. The molecule has 4 heteroatoms. The van der Waals surface area contributed by atoms with Gasteiger partial charge >= 0.3 is 0 Å². The maximum absolute atomic E-state index is 8.81. The molecule has 0 N–H and O–H groups in total. The third kappa shape index (κ3) is 3.74. The lowest BCUT2D eigenvalue weighted by molar-refractivity contribution is 0.307. The quantitative estimate of drug-likeness (QED) is 0.595. The van der Waals surface area contributed by atoms with Gasteiger partial charge in [0.1, 0.15) is 17.6 Å². The highest BCUT2D eigenvalue weighted by molar-refractivity contribution is 9.09. The molecule has 86 valence electrons. The Hall–Kier alpha value is -1.21. The van der Waals surface area contributed by atoms with Crippen LogP contribution in [0.25, 0.3) is 0 Å². The molecule has 0 fully saturated rings. The summed E-state index contributed by atoms with van der Waals surface area (Å²) >= 11 is 3.37. The van der Waals surface area contributed by atoms with Crippen LogP contribution in [-0.2, 0) is 0 Å². The summed E-state index contributed by atoms with van der Waals surface area (Å²) in [5.74, 6) is 1.30. The van der Waals surface area contributed by atoms with Crippen LogP contribution in [0, 0.1) is 11.3 Å². The Morgan fingerprint density at radius 3 is 2.81 bits per heavy atom. The molecule has 1 rings (SSSR count). The fourth-order valence-electron chi connectivity index (χ4n) is 1.24. The first-order valence-electron chi connectivity index (χ1n) is 5.08.